The lowest BCUT2D eigenvalue weighted by atomic mass is 9.68. The molecule has 2 aromatic rings. The van der Waals surface area contributed by atoms with Crippen molar-refractivity contribution in [3.8, 4) is 0 Å². The van der Waals surface area contributed by atoms with Crippen LogP contribution in [0.4, 0.5) is 28.0 Å². The van der Waals surface area contributed by atoms with Gasteiger partial charge in [0.15, 0.2) is 0 Å². The topological polar surface area (TPSA) is 61.4 Å². The molecule has 1 spiro atoms. The summed E-state index contributed by atoms with van der Waals surface area (Å²) in [6.07, 6.45) is 3.64. The summed E-state index contributed by atoms with van der Waals surface area (Å²) in [5.74, 6) is -1.06. The van der Waals surface area contributed by atoms with Gasteiger partial charge in [0.05, 0.1) is 30.2 Å². The van der Waals surface area contributed by atoms with Crippen LogP contribution in [0.15, 0.2) is 36.7 Å². The molecule has 1 aliphatic heterocycles. The van der Waals surface area contributed by atoms with Gasteiger partial charge in [-0.2, -0.15) is 13.2 Å². The van der Waals surface area contributed by atoms with Crippen molar-refractivity contribution in [2.24, 2.45) is 5.92 Å². The zero-order valence-electron chi connectivity index (χ0n) is 19.6. The molecule has 10 heteroatoms. The van der Waals surface area contributed by atoms with E-state index in [1.807, 2.05) is 18.0 Å². The van der Waals surface area contributed by atoms with Crippen molar-refractivity contribution < 1.29 is 22.4 Å². The van der Waals surface area contributed by atoms with Crippen LogP contribution in [0, 0.1) is 11.7 Å². The molecule has 1 saturated heterocycles. The summed E-state index contributed by atoms with van der Waals surface area (Å²) >= 11 is 0. The van der Waals surface area contributed by atoms with Gasteiger partial charge in [0.1, 0.15) is 5.82 Å². The summed E-state index contributed by atoms with van der Waals surface area (Å²) in [5, 5.41) is 3.41. The summed E-state index contributed by atoms with van der Waals surface area (Å²) < 4.78 is 52.8. The summed E-state index contributed by atoms with van der Waals surface area (Å²) in [7, 11) is 1.88. The number of carbonyl (C=O) groups excluding carboxylic acids is 1. The highest BCUT2D eigenvalue weighted by Crippen LogP contribution is 2.48. The molecular weight excluding hydrogens is 462 g/mol. The number of rotatable bonds is 5. The van der Waals surface area contributed by atoms with Crippen LogP contribution in [0.5, 0.6) is 0 Å². The van der Waals surface area contributed by atoms with Crippen molar-refractivity contribution in [3.05, 3.63) is 53.9 Å². The predicted molar refractivity (Wildman–Crippen MR) is 122 cm³/mol. The lowest BCUT2D eigenvalue weighted by Gasteiger charge is -2.49. The van der Waals surface area contributed by atoms with Crippen LogP contribution in [0.2, 0.25) is 0 Å². The number of amides is 2. The molecule has 0 bridgehead atoms. The van der Waals surface area contributed by atoms with Gasteiger partial charge in [0.25, 0.3) is 0 Å². The number of nitrogens with one attached hydrogen (secondary N) is 1. The van der Waals surface area contributed by atoms with Gasteiger partial charge in [-0.05, 0) is 69.2 Å². The molecule has 0 atom stereocenters. The molecule has 1 aromatic heterocycles. The van der Waals surface area contributed by atoms with Gasteiger partial charge in [-0.25, -0.2) is 19.2 Å². The second-order valence-corrected chi connectivity index (χ2v) is 10.1. The van der Waals surface area contributed by atoms with E-state index in [0.717, 1.165) is 37.2 Å². The molecule has 3 aliphatic rings. The molecule has 2 aliphatic carbocycles. The number of alkyl halides is 3. The van der Waals surface area contributed by atoms with E-state index in [4.69, 9.17) is 0 Å². The molecule has 5 rings (SSSR count). The Morgan fingerprint density at radius 3 is 2.34 bits per heavy atom. The van der Waals surface area contributed by atoms with Gasteiger partial charge < -0.3 is 10.2 Å². The van der Waals surface area contributed by atoms with Crippen LogP contribution in [0.3, 0.4) is 0 Å². The van der Waals surface area contributed by atoms with Crippen LogP contribution in [0.25, 0.3) is 0 Å². The Hall–Kier alpha value is -2.75. The summed E-state index contributed by atoms with van der Waals surface area (Å²) in [6.45, 7) is 1.01. The van der Waals surface area contributed by atoms with Crippen LogP contribution in [-0.4, -0.2) is 46.6 Å². The molecule has 1 N–H and O–H groups in total. The molecular formula is C25H29F4N5O. The third kappa shape index (κ3) is 4.26. The minimum atomic E-state index is -4.64. The van der Waals surface area contributed by atoms with Crippen molar-refractivity contribution >= 4 is 11.7 Å². The molecule has 0 radical (unpaired) electrons. The number of benzene rings is 1. The minimum absolute atomic E-state index is 0.206. The number of halogens is 4. The molecule has 2 heterocycles. The third-order valence-electron chi connectivity index (χ3n) is 8.25. The third-order valence-corrected chi connectivity index (χ3v) is 8.25. The van der Waals surface area contributed by atoms with Crippen molar-refractivity contribution in [1.29, 1.82) is 0 Å². The molecule has 2 amide bonds. The quantitative estimate of drug-likeness (QED) is 0.591. The molecule has 6 nitrogen and oxygen atoms in total. The lowest BCUT2D eigenvalue weighted by Crippen LogP contribution is -2.56. The maximum absolute atomic E-state index is 14.0. The van der Waals surface area contributed by atoms with Gasteiger partial charge in [-0.1, -0.05) is 18.6 Å². The highest BCUT2D eigenvalue weighted by molar-refractivity contribution is 5.95. The molecule has 2 saturated carbocycles. The number of urea groups is 1. The van der Waals surface area contributed by atoms with Gasteiger partial charge >= 0.3 is 12.2 Å². The van der Waals surface area contributed by atoms with E-state index in [1.54, 1.807) is 12.1 Å². The molecule has 188 valence electrons. The maximum atomic E-state index is 14.0. The second kappa shape index (κ2) is 8.72. The number of nitrogens with zero attached hydrogens (tertiary/aromatic N) is 4. The van der Waals surface area contributed by atoms with Crippen molar-refractivity contribution in [2.75, 3.05) is 25.0 Å². The first-order valence-electron chi connectivity index (χ1n) is 12.1. The standard InChI is InChI=1S/C25H29F4N5O/c1-30-24(18-6-3-7-19(26)12-18)10-8-23(9-11-24)16-33(22(35)34(23)15-17-4-2-5-17)20-13-31-21(32-14-20)25(27,28)29/h3,6-7,12-14,17,30H,2,4-5,8-11,15-16H2,1H3/t23-,24+. The number of carbonyl (C=O) groups is 1. The minimum Gasteiger partial charge on any atom is -0.317 e. The first-order chi connectivity index (χ1) is 16.7. The highest BCUT2D eigenvalue weighted by Gasteiger charge is 2.54. The van der Waals surface area contributed by atoms with Crippen molar-refractivity contribution in [2.45, 2.75) is 62.2 Å². The maximum Gasteiger partial charge on any atom is 0.451 e. The Morgan fingerprint density at radius 2 is 1.80 bits per heavy atom. The fourth-order valence-electron chi connectivity index (χ4n) is 5.85. The number of hydrogen-bond donors (Lipinski definition) is 1. The summed E-state index contributed by atoms with van der Waals surface area (Å²) in [5.41, 5.74) is 0.318. The van der Waals surface area contributed by atoms with Crippen LogP contribution < -0.4 is 10.2 Å². The normalized spacial score (nSPS) is 27.5. The number of aromatic nitrogens is 2. The number of anilines is 1. The Kier molecular flexibility index (Phi) is 5.97. The van der Waals surface area contributed by atoms with Crippen molar-refractivity contribution in [3.63, 3.8) is 0 Å². The van der Waals surface area contributed by atoms with E-state index < -0.39 is 23.1 Å². The Morgan fingerprint density at radius 1 is 1.11 bits per heavy atom. The zero-order chi connectivity index (χ0) is 24.8. The first kappa shape index (κ1) is 24.0. The van der Waals surface area contributed by atoms with E-state index in [2.05, 4.69) is 15.3 Å². The van der Waals surface area contributed by atoms with Gasteiger partial charge in [-0.15, -0.1) is 0 Å². The largest absolute Gasteiger partial charge is 0.451 e. The average molecular weight is 492 g/mol. The Bertz CT molecular complexity index is 1080. The summed E-state index contributed by atoms with van der Waals surface area (Å²) in [6, 6.07) is 6.42. The lowest BCUT2D eigenvalue weighted by molar-refractivity contribution is -0.144. The Balaban J connectivity index is 1.42. The van der Waals surface area contributed by atoms with E-state index in [1.165, 1.54) is 11.0 Å². The SMILES string of the molecule is CN[C@]1(c2cccc(F)c2)CC[C@]2(CC1)CN(c1cnc(C(F)(F)F)nc1)C(=O)N2CC1CCC1. The van der Waals surface area contributed by atoms with E-state index in [9.17, 15) is 22.4 Å². The van der Waals surface area contributed by atoms with E-state index in [0.29, 0.717) is 44.7 Å². The molecule has 1 aromatic carbocycles. The monoisotopic (exact) mass is 491 g/mol. The van der Waals surface area contributed by atoms with Crippen LogP contribution >= 0.6 is 0 Å². The zero-order valence-corrected chi connectivity index (χ0v) is 19.6. The van der Waals surface area contributed by atoms with E-state index in [-0.39, 0.29) is 17.5 Å². The van der Waals surface area contributed by atoms with Gasteiger partial charge in [0.2, 0.25) is 5.82 Å². The number of hydrogen-bond acceptors (Lipinski definition) is 4. The van der Waals surface area contributed by atoms with Crippen LogP contribution in [0.1, 0.15) is 56.3 Å². The average Bonchev–Trinajstić information content (AvgIpc) is 3.08. The fourth-order valence-corrected chi connectivity index (χ4v) is 5.85. The fraction of sp³-hybridized carbons (Fsp3) is 0.560. The summed E-state index contributed by atoms with van der Waals surface area (Å²) in [4.78, 5) is 24.0. The second-order valence-electron chi connectivity index (χ2n) is 10.1. The molecule has 35 heavy (non-hydrogen) atoms. The molecule has 3 fully saturated rings. The van der Waals surface area contributed by atoms with E-state index >= 15 is 0 Å². The smallest absolute Gasteiger partial charge is 0.317 e. The van der Waals surface area contributed by atoms with Gasteiger partial charge in [0, 0.05) is 12.1 Å². The predicted octanol–water partition coefficient (Wildman–Crippen LogP) is 5.10. The first-order valence-corrected chi connectivity index (χ1v) is 12.1. The van der Waals surface area contributed by atoms with Gasteiger partial charge in [-0.3, -0.25) is 4.90 Å². The Labute approximate surface area is 201 Å². The van der Waals surface area contributed by atoms with Crippen molar-refractivity contribution in [1.82, 2.24) is 20.2 Å². The highest BCUT2D eigenvalue weighted by atomic mass is 19.4. The van der Waals surface area contributed by atoms with Crippen LogP contribution in [-0.2, 0) is 11.7 Å². The molecule has 0 unspecified atom stereocenters.